The maximum atomic E-state index is 13.4. The van der Waals surface area contributed by atoms with Crippen LogP contribution in [0.4, 0.5) is 0 Å². The topological polar surface area (TPSA) is 93.5 Å². The molecule has 2 aromatic carbocycles. The number of hydrogen-bond acceptors (Lipinski definition) is 4. The Morgan fingerprint density at radius 3 is 2.14 bits per heavy atom. The second-order valence-electron chi connectivity index (χ2n) is 11.4. The number of phenolic OH excluding ortho intramolecular Hbond substituents is 1. The number of carbonyl (C=O) groups is 2. The average molecular weight is 476 g/mol. The lowest BCUT2D eigenvalue weighted by Gasteiger charge is -2.28. The Kier molecular flexibility index (Phi) is 6.98. The summed E-state index contributed by atoms with van der Waals surface area (Å²) in [5.41, 5.74) is 4.56. The monoisotopic (exact) mass is 475 g/mol. The summed E-state index contributed by atoms with van der Waals surface area (Å²) < 4.78 is 0. The summed E-state index contributed by atoms with van der Waals surface area (Å²) in [5, 5.41) is 22.3. The van der Waals surface area contributed by atoms with Crippen molar-refractivity contribution in [3.05, 3.63) is 69.3 Å². The first-order chi connectivity index (χ1) is 16.1. The fourth-order valence-electron chi connectivity index (χ4n) is 4.35. The van der Waals surface area contributed by atoms with Gasteiger partial charge >= 0.3 is 0 Å². The van der Waals surface area contributed by atoms with Gasteiger partial charge in [-0.05, 0) is 53.2 Å². The fraction of sp³-hybridized carbons (Fsp3) is 0.414. The van der Waals surface area contributed by atoms with Crippen LogP contribution in [-0.2, 0) is 22.2 Å². The lowest BCUT2D eigenvalue weighted by Crippen LogP contribution is -2.30. The first kappa shape index (κ1) is 26.2. The van der Waals surface area contributed by atoms with Crippen molar-refractivity contribution < 1.29 is 14.7 Å². The van der Waals surface area contributed by atoms with Crippen molar-refractivity contribution in [2.45, 2.75) is 65.8 Å². The number of nitrogens with one attached hydrogen (secondary N) is 2. The van der Waals surface area contributed by atoms with Crippen LogP contribution in [0.5, 0.6) is 5.75 Å². The normalized spacial score (nSPS) is 14.2. The molecule has 1 aliphatic heterocycles. The van der Waals surface area contributed by atoms with Gasteiger partial charge in [-0.1, -0.05) is 53.7 Å². The number of amides is 1. The third-order valence-corrected chi connectivity index (χ3v) is 6.42. The average Bonchev–Trinajstić information content (AvgIpc) is 3.06. The maximum absolute atomic E-state index is 13.4. The molecule has 0 spiro atoms. The van der Waals surface area contributed by atoms with Crippen LogP contribution in [-0.4, -0.2) is 41.1 Å². The van der Waals surface area contributed by atoms with Gasteiger partial charge in [-0.25, -0.2) is 0 Å². The number of phenols is 1. The molecule has 0 aromatic heterocycles. The number of amidine groups is 1. The van der Waals surface area contributed by atoms with Crippen LogP contribution in [0.3, 0.4) is 0 Å². The molecule has 0 saturated carbocycles. The van der Waals surface area contributed by atoms with E-state index in [9.17, 15) is 14.7 Å². The molecule has 6 nitrogen and oxygen atoms in total. The third kappa shape index (κ3) is 5.47. The zero-order valence-corrected chi connectivity index (χ0v) is 22.1. The molecule has 3 N–H and O–H groups in total. The van der Waals surface area contributed by atoms with E-state index in [1.165, 1.54) is 0 Å². The van der Waals surface area contributed by atoms with Crippen LogP contribution in [0.2, 0.25) is 0 Å². The summed E-state index contributed by atoms with van der Waals surface area (Å²) >= 11 is 0. The zero-order valence-electron chi connectivity index (χ0n) is 22.1. The van der Waals surface area contributed by atoms with Crippen molar-refractivity contribution in [1.29, 1.82) is 5.41 Å². The van der Waals surface area contributed by atoms with E-state index >= 15 is 0 Å². The highest BCUT2D eigenvalue weighted by Crippen LogP contribution is 2.40. The quantitative estimate of drug-likeness (QED) is 0.411. The highest BCUT2D eigenvalue weighted by Gasteiger charge is 2.30. The van der Waals surface area contributed by atoms with Crippen LogP contribution in [0.25, 0.3) is 6.08 Å². The predicted octanol–water partition coefficient (Wildman–Crippen LogP) is 5.16. The van der Waals surface area contributed by atoms with Gasteiger partial charge < -0.3 is 15.3 Å². The van der Waals surface area contributed by atoms with Crippen molar-refractivity contribution >= 4 is 23.6 Å². The summed E-state index contributed by atoms with van der Waals surface area (Å²) in [6, 6.07) is 9.36. The van der Waals surface area contributed by atoms with Gasteiger partial charge in [0.2, 0.25) is 5.91 Å². The van der Waals surface area contributed by atoms with Crippen molar-refractivity contribution in [2.75, 3.05) is 13.6 Å². The van der Waals surface area contributed by atoms with Crippen molar-refractivity contribution in [2.24, 2.45) is 0 Å². The minimum Gasteiger partial charge on any atom is -0.507 e. The molecule has 1 amide bonds. The Balaban J connectivity index is 1.89. The largest absolute Gasteiger partial charge is 0.507 e. The first-order valence-electron chi connectivity index (χ1n) is 11.9. The van der Waals surface area contributed by atoms with Gasteiger partial charge in [-0.2, -0.15) is 0 Å². The second-order valence-corrected chi connectivity index (χ2v) is 11.4. The highest BCUT2D eigenvalue weighted by molar-refractivity contribution is 6.06. The molecule has 35 heavy (non-hydrogen) atoms. The second kappa shape index (κ2) is 9.33. The van der Waals surface area contributed by atoms with Crippen LogP contribution in [0.15, 0.2) is 35.9 Å². The highest BCUT2D eigenvalue weighted by atomic mass is 16.3. The minimum absolute atomic E-state index is 0.0773. The number of nitrogens with zero attached hydrogens (tertiary/aromatic N) is 1. The lowest BCUT2D eigenvalue weighted by molar-refractivity contribution is -0.116. The molecule has 186 valence electrons. The van der Waals surface area contributed by atoms with Gasteiger partial charge in [-0.3, -0.25) is 15.0 Å². The number of hydrogen-bond donors (Lipinski definition) is 3. The van der Waals surface area contributed by atoms with Gasteiger partial charge in [-0.15, -0.1) is 0 Å². The lowest BCUT2D eigenvalue weighted by atomic mass is 9.78. The molecule has 0 fully saturated rings. The molecule has 0 bridgehead atoms. The standard InChI is InChI=1S/C29H37N3O3/c1-17(27(35)31-8)11-18-9-10-19-15-32(26(30)21(19)12-18)16-24(33)20-13-22(28(2,3)4)25(34)23(14-20)29(5,6)7/h9-14,30,34H,15-16H2,1-8H3,(H,31,35). The minimum atomic E-state index is -0.326. The van der Waals surface area contributed by atoms with Crippen molar-refractivity contribution in [3.63, 3.8) is 0 Å². The molecule has 2 aromatic rings. The SMILES string of the molecule is CNC(=O)C(C)=Cc1ccc2c(c1)C(=N)N(CC(=O)c1cc(C(C)(C)C)c(O)c(C(C)(C)C)c1)C2. The van der Waals surface area contributed by atoms with E-state index in [2.05, 4.69) is 5.32 Å². The van der Waals surface area contributed by atoms with Gasteiger partial charge in [0, 0.05) is 41.4 Å². The van der Waals surface area contributed by atoms with Crippen LogP contribution >= 0.6 is 0 Å². The van der Waals surface area contributed by atoms with Crippen LogP contribution in [0, 0.1) is 5.41 Å². The predicted molar refractivity (Wildman–Crippen MR) is 141 cm³/mol. The van der Waals surface area contributed by atoms with Gasteiger partial charge in [0.05, 0.1) is 6.54 Å². The summed E-state index contributed by atoms with van der Waals surface area (Å²) in [7, 11) is 1.59. The molecule has 0 unspecified atom stereocenters. The number of carbonyl (C=O) groups excluding carboxylic acids is 2. The summed E-state index contributed by atoms with van der Waals surface area (Å²) in [4.78, 5) is 27.0. The number of rotatable bonds is 5. The van der Waals surface area contributed by atoms with E-state index in [0.29, 0.717) is 23.5 Å². The molecular weight excluding hydrogens is 438 g/mol. The third-order valence-electron chi connectivity index (χ3n) is 6.42. The van der Waals surface area contributed by atoms with E-state index < -0.39 is 0 Å². The number of benzene rings is 2. The molecule has 0 radical (unpaired) electrons. The van der Waals surface area contributed by atoms with Gasteiger partial charge in [0.1, 0.15) is 11.6 Å². The molecule has 0 aliphatic carbocycles. The molecule has 6 heteroatoms. The molecule has 0 saturated heterocycles. The fourth-order valence-corrected chi connectivity index (χ4v) is 4.35. The zero-order chi connectivity index (χ0) is 26.3. The van der Waals surface area contributed by atoms with Crippen LogP contribution < -0.4 is 5.32 Å². The molecule has 0 atom stereocenters. The maximum Gasteiger partial charge on any atom is 0.246 e. The number of likely N-dealkylation sites (N-methyl/N-ethyl adjacent to an activating group) is 1. The Morgan fingerprint density at radius 1 is 1.06 bits per heavy atom. The van der Waals surface area contributed by atoms with Gasteiger partial charge in [0.15, 0.2) is 5.78 Å². The Labute approximate surface area is 208 Å². The number of ketones is 1. The summed E-state index contributed by atoms with van der Waals surface area (Å²) in [6.07, 6.45) is 1.79. The summed E-state index contributed by atoms with van der Waals surface area (Å²) in [5.74, 6) is 0.308. The van der Waals surface area contributed by atoms with E-state index in [-0.39, 0.29) is 34.8 Å². The molecule has 1 heterocycles. The Morgan fingerprint density at radius 2 is 1.63 bits per heavy atom. The summed E-state index contributed by atoms with van der Waals surface area (Å²) in [6.45, 7) is 14.4. The molecular formula is C29H37N3O3. The smallest absolute Gasteiger partial charge is 0.246 e. The first-order valence-corrected chi connectivity index (χ1v) is 11.9. The van der Waals surface area contributed by atoms with E-state index in [0.717, 1.165) is 27.8 Å². The van der Waals surface area contributed by atoms with Gasteiger partial charge in [0.25, 0.3) is 0 Å². The number of aromatic hydroxyl groups is 1. The van der Waals surface area contributed by atoms with Crippen LogP contribution in [0.1, 0.15) is 86.6 Å². The number of fused-ring (bicyclic) bond motifs is 1. The molecule has 1 aliphatic rings. The van der Waals surface area contributed by atoms with E-state index in [1.807, 2.05) is 59.7 Å². The van der Waals surface area contributed by atoms with E-state index in [1.54, 1.807) is 37.1 Å². The van der Waals surface area contributed by atoms with E-state index in [4.69, 9.17) is 5.41 Å². The van der Waals surface area contributed by atoms with Crippen molar-refractivity contribution in [1.82, 2.24) is 10.2 Å². The molecule has 3 rings (SSSR count). The van der Waals surface area contributed by atoms with Crippen molar-refractivity contribution in [3.8, 4) is 5.75 Å². The Bertz CT molecular complexity index is 1190. The Hall–Kier alpha value is -3.41. The number of Topliss-reactive ketones (excluding diaryl/α,β-unsaturated/α-hetero) is 1.